The van der Waals surface area contributed by atoms with E-state index in [0.29, 0.717) is 0 Å². The van der Waals surface area contributed by atoms with Crippen LogP contribution in [0.3, 0.4) is 0 Å². The van der Waals surface area contributed by atoms with Crippen LogP contribution in [-0.2, 0) is 0 Å². The van der Waals surface area contributed by atoms with Crippen molar-refractivity contribution in [2.75, 3.05) is 4.90 Å². The second-order valence-corrected chi connectivity index (χ2v) is 12.9. The van der Waals surface area contributed by atoms with E-state index in [4.69, 9.17) is 4.42 Å². The van der Waals surface area contributed by atoms with E-state index in [1.165, 1.54) is 27.5 Å². The van der Waals surface area contributed by atoms with Gasteiger partial charge in [-0.1, -0.05) is 127 Å². The van der Waals surface area contributed by atoms with E-state index in [0.717, 1.165) is 61.3 Å². The molecule has 3 heteroatoms. The fraction of sp³-hybridized carbons (Fsp3) is 0. The van der Waals surface area contributed by atoms with Crippen molar-refractivity contribution in [3.05, 3.63) is 194 Å². The average Bonchev–Trinajstić information content (AvgIpc) is 3.76. The number of aromatic nitrogens is 1. The summed E-state index contributed by atoms with van der Waals surface area (Å²) in [5.74, 6) is 0. The standard InChI is InChI=1S/C48H32N2O/c1-4-14-33(15-5-1)34-24-28-38(29-25-34)49(36-16-6-2-7-17-36)39-30-26-35(27-31-39)42-32-43-40-20-11-13-23-45(40)51-48(43)47-46(42)41-21-10-12-22-44(41)50(47)37-18-8-3-9-19-37/h1-32H. The van der Waals surface area contributed by atoms with Gasteiger partial charge in [0.05, 0.1) is 11.0 Å². The molecular formula is C48H32N2O. The van der Waals surface area contributed by atoms with Gasteiger partial charge in [-0.25, -0.2) is 0 Å². The van der Waals surface area contributed by atoms with Crippen LogP contribution in [0.2, 0.25) is 0 Å². The van der Waals surface area contributed by atoms with E-state index in [1.54, 1.807) is 0 Å². The summed E-state index contributed by atoms with van der Waals surface area (Å²) in [4.78, 5) is 2.32. The molecule has 0 saturated carbocycles. The lowest BCUT2D eigenvalue weighted by atomic mass is 9.96. The Balaban J connectivity index is 1.18. The Morgan fingerprint density at radius 3 is 1.65 bits per heavy atom. The van der Waals surface area contributed by atoms with Crippen LogP contribution in [0, 0.1) is 0 Å². The van der Waals surface area contributed by atoms with Crippen molar-refractivity contribution in [2.24, 2.45) is 0 Å². The SMILES string of the molecule is c1ccc(-c2ccc(N(c3ccccc3)c3ccc(-c4cc5c6ccccc6oc5c5c4c4ccccc4n5-c4ccccc4)cc3)cc2)cc1. The summed E-state index contributed by atoms with van der Waals surface area (Å²) in [6, 6.07) is 69.0. The molecule has 2 aromatic heterocycles. The van der Waals surface area contributed by atoms with Crippen molar-refractivity contribution in [3.63, 3.8) is 0 Å². The van der Waals surface area contributed by atoms with E-state index >= 15 is 0 Å². The molecule has 10 aromatic rings. The molecule has 0 aliphatic carbocycles. The molecule has 0 bridgehead atoms. The highest BCUT2D eigenvalue weighted by Crippen LogP contribution is 2.46. The molecule has 2 heterocycles. The Hall–Kier alpha value is -6.84. The zero-order valence-corrected chi connectivity index (χ0v) is 27.8. The highest BCUT2D eigenvalue weighted by atomic mass is 16.3. The average molecular weight is 653 g/mol. The van der Waals surface area contributed by atoms with Crippen molar-refractivity contribution in [3.8, 4) is 27.9 Å². The third kappa shape index (κ3) is 4.82. The highest BCUT2D eigenvalue weighted by molar-refractivity contribution is 6.26. The van der Waals surface area contributed by atoms with Gasteiger partial charge in [0, 0.05) is 44.3 Å². The summed E-state index contributed by atoms with van der Waals surface area (Å²) in [7, 11) is 0. The molecule has 51 heavy (non-hydrogen) atoms. The third-order valence-corrected chi connectivity index (χ3v) is 9.98. The maximum atomic E-state index is 6.71. The summed E-state index contributed by atoms with van der Waals surface area (Å²) in [6.45, 7) is 0. The van der Waals surface area contributed by atoms with Crippen molar-refractivity contribution < 1.29 is 4.42 Å². The number of hydrogen-bond donors (Lipinski definition) is 0. The number of para-hydroxylation sites is 4. The van der Waals surface area contributed by atoms with E-state index in [2.05, 4.69) is 198 Å². The molecule has 0 N–H and O–H groups in total. The lowest BCUT2D eigenvalue weighted by molar-refractivity contribution is 0.671. The van der Waals surface area contributed by atoms with Crippen molar-refractivity contribution in [1.82, 2.24) is 4.57 Å². The van der Waals surface area contributed by atoms with Gasteiger partial charge in [-0.2, -0.15) is 0 Å². The molecular weight excluding hydrogens is 621 g/mol. The molecule has 0 unspecified atom stereocenters. The van der Waals surface area contributed by atoms with Gasteiger partial charge in [0.15, 0.2) is 5.58 Å². The van der Waals surface area contributed by atoms with Gasteiger partial charge in [-0.15, -0.1) is 0 Å². The Kier molecular flexibility index (Phi) is 6.81. The van der Waals surface area contributed by atoms with E-state index < -0.39 is 0 Å². The highest BCUT2D eigenvalue weighted by Gasteiger charge is 2.23. The monoisotopic (exact) mass is 652 g/mol. The number of anilines is 3. The normalized spacial score (nSPS) is 11.5. The summed E-state index contributed by atoms with van der Waals surface area (Å²) >= 11 is 0. The lowest BCUT2D eigenvalue weighted by Crippen LogP contribution is -2.09. The van der Waals surface area contributed by atoms with Gasteiger partial charge in [0.25, 0.3) is 0 Å². The third-order valence-electron chi connectivity index (χ3n) is 9.98. The topological polar surface area (TPSA) is 21.3 Å². The minimum absolute atomic E-state index is 0.892. The summed E-state index contributed by atoms with van der Waals surface area (Å²) < 4.78 is 9.07. The van der Waals surface area contributed by atoms with Crippen LogP contribution in [0.25, 0.3) is 71.7 Å². The Labute approximate surface area is 295 Å². The van der Waals surface area contributed by atoms with Crippen LogP contribution < -0.4 is 4.90 Å². The molecule has 0 radical (unpaired) electrons. The molecule has 0 saturated heterocycles. The van der Waals surface area contributed by atoms with Crippen molar-refractivity contribution >= 4 is 60.8 Å². The van der Waals surface area contributed by atoms with E-state index in [-0.39, 0.29) is 0 Å². The smallest absolute Gasteiger partial charge is 0.160 e. The Bertz CT molecular complexity index is 2820. The number of hydrogen-bond acceptors (Lipinski definition) is 2. The molecule has 3 nitrogen and oxygen atoms in total. The van der Waals surface area contributed by atoms with Crippen molar-refractivity contribution in [1.29, 1.82) is 0 Å². The van der Waals surface area contributed by atoms with Crippen LogP contribution in [0.1, 0.15) is 0 Å². The van der Waals surface area contributed by atoms with Gasteiger partial charge >= 0.3 is 0 Å². The minimum Gasteiger partial charge on any atom is -0.454 e. The van der Waals surface area contributed by atoms with Gasteiger partial charge in [0.2, 0.25) is 0 Å². The lowest BCUT2D eigenvalue weighted by Gasteiger charge is -2.26. The van der Waals surface area contributed by atoms with Crippen LogP contribution in [0.4, 0.5) is 17.1 Å². The molecule has 10 rings (SSSR count). The molecule has 240 valence electrons. The van der Waals surface area contributed by atoms with Crippen LogP contribution in [0.5, 0.6) is 0 Å². The fourth-order valence-corrected chi connectivity index (χ4v) is 7.65. The first-order valence-corrected chi connectivity index (χ1v) is 17.4. The largest absolute Gasteiger partial charge is 0.454 e. The number of nitrogens with zero attached hydrogens (tertiary/aromatic N) is 2. The number of fused-ring (bicyclic) bond motifs is 7. The van der Waals surface area contributed by atoms with Gasteiger partial charge in [-0.05, 0) is 89.0 Å². The first-order valence-electron chi connectivity index (χ1n) is 17.4. The maximum Gasteiger partial charge on any atom is 0.160 e. The summed E-state index contributed by atoms with van der Waals surface area (Å²) in [6.07, 6.45) is 0. The zero-order chi connectivity index (χ0) is 33.7. The zero-order valence-electron chi connectivity index (χ0n) is 27.8. The Morgan fingerprint density at radius 1 is 0.412 bits per heavy atom. The molecule has 0 amide bonds. The molecule has 0 fully saturated rings. The van der Waals surface area contributed by atoms with Gasteiger partial charge in [0.1, 0.15) is 5.58 Å². The van der Waals surface area contributed by atoms with E-state index in [1.807, 2.05) is 6.07 Å². The predicted octanol–water partition coefficient (Wildman–Crippen LogP) is 13.5. The van der Waals surface area contributed by atoms with Crippen LogP contribution in [0.15, 0.2) is 199 Å². The molecule has 8 aromatic carbocycles. The second-order valence-electron chi connectivity index (χ2n) is 12.9. The quantitative estimate of drug-likeness (QED) is 0.178. The maximum absolute atomic E-state index is 6.71. The van der Waals surface area contributed by atoms with Crippen molar-refractivity contribution in [2.45, 2.75) is 0 Å². The molecule has 0 spiro atoms. The number of furan rings is 1. The number of rotatable bonds is 6. The predicted molar refractivity (Wildman–Crippen MR) is 214 cm³/mol. The first kappa shape index (κ1) is 29.1. The molecule has 0 atom stereocenters. The molecule has 0 aliphatic heterocycles. The van der Waals surface area contributed by atoms with Gasteiger partial charge < -0.3 is 13.9 Å². The Morgan fingerprint density at radius 2 is 0.941 bits per heavy atom. The van der Waals surface area contributed by atoms with Crippen LogP contribution in [-0.4, -0.2) is 4.57 Å². The first-order chi connectivity index (χ1) is 25.3. The van der Waals surface area contributed by atoms with Gasteiger partial charge in [-0.3, -0.25) is 0 Å². The molecule has 0 aliphatic rings. The summed E-state index contributed by atoms with van der Waals surface area (Å²) in [5, 5.41) is 4.61. The minimum atomic E-state index is 0.892. The van der Waals surface area contributed by atoms with E-state index in [9.17, 15) is 0 Å². The number of benzene rings is 8. The second kappa shape index (κ2) is 11.9. The van der Waals surface area contributed by atoms with Crippen LogP contribution >= 0.6 is 0 Å². The summed E-state index contributed by atoms with van der Waals surface area (Å²) in [5.41, 5.74) is 13.2. The fourth-order valence-electron chi connectivity index (χ4n) is 7.65.